The van der Waals surface area contributed by atoms with Crippen LogP contribution in [0, 0.1) is 13.8 Å². The second-order valence-corrected chi connectivity index (χ2v) is 6.49. The molecule has 0 N–H and O–H groups in total. The zero-order valence-electron chi connectivity index (χ0n) is 18.8. The predicted molar refractivity (Wildman–Crippen MR) is 119 cm³/mol. The first-order valence-corrected chi connectivity index (χ1v) is 10.7. The molecule has 0 amide bonds. The molecule has 0 aliphatic heterocycles. The molecule has 0 saturated heterocycles. The third-order valence-electron chi connectivity index (χ3n) is 3.61. The summed E-state index contributed by atoms with van der Waals surface area (Å²) in [5, 5.41) is 26.6. The van der Waals surface area contributed by atoms with Crippen LogP contribution in [-0.4, -0.2) is 62.0 Å². The second kappa shape index (κ2) is 35.1. The Morgan fingerprint density at radius 2 is 0.966 bits per heavy atom. The number of hydrogen-bond donors (Lipinski definition) is 0. The van der Waals surface area contributed by atoms with Crippen LogP contribution in [0.2, 0.25) is 0 Å². The van der Waals surface area contributed by atoms with Gasteiger partial charge in [0.2, 0.25) is 0 Å². The van der Waals surface area contributed by atoms with Gasteiger partial charge in [-0.05, 0) is 0 Å². The average molecular weight is 517 g/mol. The zero-order valence-corrected chi connectivity index (χ0v) is 21.6. The Bertz CT molecular complexity index is 277. The summed E-state index contributed by atoms with van der Waals surface area (Å²) < 4.78 is 0. The number of carbonyl (C=O) groups excluding carboxylic acids is 2. The molecule has 172 valence electrons. The van der Waals surface area contributed by atoms with Crippen LogP contribution >= 0.6 is 0 Å². The first kappa shape index (κ1) is 36.1. The van der Waals surface area contributed by atoms with Gasteiger partial charge in [-0.3, -0.25) is 0 Å². The van der Waals surface area contributed by atoms with E-state index in [1.165, 1.54) is 64.2 Å². The van der Waals surface area contributed by atoms with Crippen LogP contribution in [-0.2, 0) is 9.59 Å². The Balaban J connectivity index is -0.000000164. The maximum atomic E-state index is 9.80. The van der Waals surface area contributed by atoms with Crippen molar-refractivity contribution in [3.05, 3.63) is 24.5 Å². The summed E-state index contributed by atoms with van der Waals surface area (Å²) in [6.07, 6.45) is 16.0. The quantitative estimate of drug-likeness (QED) is 0.168. The van der Waals surface area contributed by atoms with Crippen molar-refractivity contribution in [2.24, 2.45) is 0 Å². The maximum Gasteiger partial charge on any atom is 2.00 e. The second-order valence-electron chi connectivity index (χ2n) is 6.49. The largest absolute Gasteiger partial charge is 2.00 e. The van der Waals surface area contributed by atoms with Crippen molar-refractivity contribution in [3.63, 3.8) is 0 Å². The summed E-state index contributed by atoms with van der Waals surface area (Å²) in [5.41, 5.74) is 0. The van der Waals surface area contributed by atoms with Crippen molar-refractivity contribution in [3.8, 4) is 0 Å². The van der Waals surface area contributed by atoms with Crippen LogP contribution in [0.25, 0.3) is 10.6 Å². The molecule has 0 saturated carbocycles. The molecule has 0 unspecified atom stereocenters. The third kappa shape index (κ3) is 52.3. The van der Waals surface area contributed by atoms with Gasteiger partial charge in [0.05, 0.1) is 0 Å². The number of aliphatic carboxylic acids is 2. The van der Waals surface area contributed by atoms with Crippen molar-refractivity contribution >= 4 is 35.8 Å². The Labute approximate surface area is 197 Å². The molecule has 6 nitrogen and oxygen atoms in total. The molecule has 0 bridgehead atoms. The number of unbranched alkanes of at least 4 members (excludes halogenated alkanes) is 10. The van der Waals surface area contributed by atoms with E-state index in [1.807, 2.05) is 0 Å². The molecular formula is C22H42N2O4Sn-4. The van der Waals surface area contributed by atoms with Gasteiger partial charge in [0.25, 0.3) is 0 Å². The van der Waals surface area contributed by atoms with Crippen LogP contribution in [0.3, 0.4) is 0 Å². The van der Waals surface area contributed by atoms with Gasteiger partial charge < -0.3 is 44.3 Å². The van der Waals surface area contributed by atoms with Crippen molar-refractivity contribution in [1.29, 1.82) is 0 Å². The van der Waals surface area contributed by atoms with E-state index < -0.39 is 11.9 Å². The minimum Gasteiger partial charge on any atom is -0.659 e. The Hall–Kier alpha value is -0.341. The molecule has 0 rings (SSSR count). The van der Waals surface area contributed by atoms with Crippen molar-refractivity contribution in [2.75, 3.05) is 26.2 Å². The summed E-state index contributed by atoms with van der Waals surface area (Å²) >= 11 is 0. The first-order valence-electron chi connectivity index (χ1n) is 10.7. The summed E-state index contributed by atoms with van der Waals surface area (Å²) in [6.45, 7) is 11.7. The topological polar surface area (TPSA) is 108 Å². The summed E-state index contributed by atoms with van der Waals surface area (Å²) in [6, 6.07) is 0. The molecule has 7 heteroatoms. The van der Waals surface area contributed by atoms with Gasteiger partial charge >= 0.3 is 23.9 Å². The molecule has 29 heavy (non-hydrogen) atoms. The molecular weight excluding hydrogens is 475 g/mol. The van der Waals surface area contributed by atoms with E-state index in [2.05, 4.69) is 38.3 Å². The number of carboxylic acid groups (broad SMARTS) is 2. The molecule has 0 aliphatic rings. The molecule has 0 aromatic rings. The van der Waals surface area contributed by atoms with Crippen molar-refractivity contribution in [1.82, 2.24) is 0 Å². The SMILES string of the molecule is O=C([O-])C[N-]CC[N-]CC(=O)[O-].[CH2-]CCCCCCC.[CH2-]CCCCCCC.[Sn+2]. The van der Waals surface area contributed by atoms with Crippen molar-refractivity contribution in [2.45, 2.75) is 90.9 Å². The number of nitrogens with zero attached hydrogens (tertiary/aromatic N) is 2. The number of carboxylic acids is 2. The van der Waals surface area contributed by atoms with E-state index in [9.17, 15) is 19.8 Å². The fourth-order valence-corrected chi connectivity index (χ4v) is 2.04. The average Bonchev–Trinajstić information content (AvgIpc) is 2.66. The van der Waals surface area contributed by atoms with Gasteiger partial charge in [0, 0.05) is 11.9 Å². The van der Waals surface area contributed by atoms with Gasteiger partial charge in [-0.25, -0.2) is 0 Å². The van der Waals surface area contributed by atoms with Crippen LogP contribution in [0.4, 0.5) is 0 Å². The van der Waals surface area contributed by atoms with Crippen LogP contribution in [0.1, 0.15) is 90.9 Å². The first-order chi connectivity index (χ1) is 13.5. The number of carbonyl (C=O) groups is 2. The van der Waals surface area contributed by atoms with Crippen molar-refractivity contribution < 1.29 is 19.8 Å². The molecule has 2 radical (unpaired) electrons. The number of hydrogen-bond acceptors (Lipinski definition) is 4. The fraction of sp³-hybridized carbons (Fsp3) is 0.818. The molecule has 0 spiro atoms. The van der Waals surface area contributed by atoms with Crippen LogP contribution < -0.4 is 10.2 Å². The van der Waals surface area contributed by atoms with E-state index in [-0.39, 0.29) is 50.1 Å². The molecule has 0 aromatic carbocycles. The summed E-state index contributed by atoms with van der Waals surface area (Å²) in [4.78, 5) is 19.6. The van der Waals surface area contributed by atoms with E-state index >= 15 is 0 Å². The van der Waals surface area contributed by atoms with Gasteiger partial charge in [0.1, 0.15) is 0 Å². The monoisotopic (exact) mass is 518 g/mol. The molecule has 0 aliphatic carbocycles. The van der Waals surface area contributed by atoms with Crippen LogP contribution in [0.5, 0.6) is 0 Å². The van der Waals surface area contributed by atoms with E-state index in [0.717, 1.165) is 12.8 Å². The zero-order chi connectivity index (χ0) is 21.9. The summed E-state index contributed by atoms with van der Waals surface area (Å²) in [7, 11) is 0. The fourth-order valence-electron chi connectivity index (χ4n) is 2.04. The molecule has 0 heterocycles. The normalized spacial score (nSPS) is 9.38. The standard InChI is InChI=1S/2C8H17.C6H10N2O4.Sn/c2*1-3-5-7-8-6-4-2;9-5(10)3-7-1-2-8-4-6(11)12;/h2*1,3-8H2,2H3;1-4H2,(H,9,10)(H,11,12);/q2*-1;-2;+2/p-2. The Morgan fingerprint density at radius 1 is 0.655 bits per heavy atom. The van der Waals surface area contributed by atoms with Gasteiger partial charge in [-0.1, -0.05) is 78.1 Å². The predicted octanol–water partition coefficient (Wildman–Crippen LogP) is 3.21. The third-order valence-corrected chi connectivity index (χ3v) is 3.61. The molecule has 0 aromatic heterocycles. The van der Waals surface area contributed by atoms with E-state index in [1.54, 1.807) is 0 Å². The maximum absolute atomic E-state index is 9.80. The minimum atomic E-state index is -1.25. The van der Waals surface area contributed by atoms with E-state index in [4.69, 9.17) is 0 Å². The minimum absolute atomic E-state index is 0. The van der Waals surface area contributed by atoms with Gasteiger partial charge in [-0.15, -0.1) is 13.1 Å². The number of rotatable bonds is 17. The Kier molecular flexibility index (Phi) is 43.7. The Morgan fingerprint density at radius 3 is 1.21 bits per heavy atom. The smallest absolute Gasteiger partial charge is 0.659 e. The summed E-state index contributed by atoms with van der Waals surface area (Å²) in [5.74, 6) is -2.51. The molecule has 0 fully saturated rings. The molecule has 0 atom stereocenters. The van der Waals surface area contributed by atoms with E-state index in [0.29, 0.717) is 0 Å². The van der Waals surface area contributed by atoms with Gasteiger partial charge in [0.15, 0.2) is 0 Å². The van der Waals surface area contributed by atoms with Gasteiger partial charge in [-0.2, -0.15) is 25.9 Å². The van der Waals surface area contributed by atoms with Crippen LogP contribution in [0.15, 0.2) is 0 Å².